The van der Waals surface area contributed by atoms with Crippen molar-refractivity contribution in [3.05, 3.63) is 12.2 Å². The van der Waals surface area contributed by atoms with Gasteiger partial charge in [0.15, 0.2) is 0 Å². The summed E-state index contributed by atoms with van der Waals surface area (Å²) >= 11 is 2.48. The number of rotatable bonds is 1. The van der Waals surface area contributed by atoms with E-state index in [0.717, 1.165) is 5.92 Å². The highest BCUT2D eigenvalue weighted by atomic mass is 127. The van der Waals surface area contributed by atoms with Gasteiger partial charge in [-0.3, -0.25) is 0 Å². The highest BCUT2D eigenvalue weighted by Crippen LogP contribution is 2.27. The molecule has 0 aromatic carbocycles. The van der Waals surface area contributed by atoms with Crippen molar-refractivity contribution in [1.29, 1.82) is 0 Å². The van der Waals surface area contributed by atoms with Gasteiger partial charge < -0.3 is 0 Å². The molecule has 52 valence electrons. The van der Waals surface area contributed by atoms with E-state index in [-0.39, 0.29) is 0 Å². The second kappa shape index (κ2) is 3.59. The predicted molar refractivity (Wildman–Crippen MR) is 50.0 cm³/mol. The zero-order valence-corrected chi connectivity index (χ0v) is 7.86. The normalized spacial score (nSPS) is 22.6. The monoisotopic (exact) mass is 236 g/mol. The van der Waals surface area contributed by atoms with E-state index in [2.05, 4.69) is 29.2 Å². The molecule has 0 amide bonds. The third-order valence-corrected chi connectivity index (χ3v) is 3.28. The van der Waals surface area contributed by atoms with Crippen molar-refractivity contribution in [1.82, 2.24) is 0 Å². The molecule has 0 N–H and O–H groups in total. The zero-order valence-electron chi connectivity index (χ0n) is 5.70. The van der Waals surface area contributed by atoms with Crippen molar-refractivity contribution in [2.45, 2.75) is 25.7 Å². The molecule has 0 bridgehead atoms. The minimum Gasteiger partial charge on any atom is -0.0999 e. The van der Waals surface area contributed by atoms with Crippen LogP contribution in [0.4, 0.5) is 0 Å². The first-order valence-corrected chi connectivity index (χ1v) is 5.08. The van der Waals surface area contributed by atoms with Crippen molar-refractivity contribution < 1.29 is 0 Å². The van der Waals surface area contributed by atoms with Crippen molar-refractivity contribution >= 4 is 22.6 Å². The van der Waals surface area contributed by atoms with Crippen LogP contribution in [0.3, 0.4) is 0 Å². The lowest BCUT2D eigenvalue weighted by Gasteiger charge is -2.20. The molecule has 1 fully saturated rings. The Morgan fingerprint density at radius 3 is 2.44 bits per heavy atom. The second-order valence-electron chi connectivity index (χ2n) is 2.85. The second-order valence-corrected chi connectivity index (χ2v) is 3.73. The van der Waals surface area contributed by atoms with E-state index in [1.54, 1.807) is 0 Å². The summed E-state index contributed by atoms with van der Waals surface area (Å²) in [6.45, 7) is 3.98. The molecule has 0 aromatic rings. The van der Waals surface area contributed by atoms with Crippen LogP contribution in [0.5, 0.6) is 0 Å². The molecule has 1 saturated carbocycles. The zero-order chi connectivity index (χ0) is 6.69. The summed E-state index contributed by atoms with van der Waals surface area (Å²) < 4.78 is 1.34. The molecule has 1 rings (SSSR count). The van der Waals surface area contributed by atoms with Gasteiger partial charge in [-0.15, -0.1) is 0 Å². The van der Waals surface area contributed by atoms with Crippen LogP contribution in [-0.4, -0.2) is 4.43 Å². The fraction of sp³-hybridized carbons (Fsp3) is 0.750. The fourth-order valence-electron chi connectivity index (χ4n) is 1.24. The van der Waals surface area contributed by atoms with Crippen LogP contribution in [0.1, 0.15) is 25.7 Å². The van der Waals surface area contributed by atoms with Crippen LogP contribution in [0.15, 0.2) is 12.2 Å². The summed E-state index contributed by atoms with van der Waals surface area (Å²) in [7, 11) is 0. The van der Waals surface area contributed by atoms with Gasteiger partial charge in [-0.05, 0) is 31.6 Å². The van der Waals surface area contributed by atoms with Gasteiger partial charge in [0.2, 0.25) is 0 Å². The lowest BCUT2D eigenvalue weighted by atomic mass is 9.88. The summed E-state index contributed by atoms with van der Waals surface area (Å²) in [5.41, 5.74) is 1.47. The number of hydrogen-bond acceptors (Lipinski definition) is 0. The summed E-state index contributed by atoms with van der Waals surface area (Å²) in [4.78, 5) is 0. The highest BCUT2D eigenvalue weighted by molar-refractivity contribution is 14.1. The molecule has 0 nitrogen and oxygen atoms in total. The van der Waals surface area contributed by atoms with Gasteiger partial charge in [0.05, 0.1) is 0 Å². The fourth-order valence-corrected chi connectivity index (χ4v) is 2.12. The van der Waals surface area contributed by atoms with Crippen LogP contribution >= 0.6 is 22.6 Å². The van der Waals surface area contributed by atoms with E-state index in [0.29, 0.717) is 0 Å². The summed E-state index contributed by atoms with van der Waals surface area (Å²) in [6, 6.07) is 0. The van der Waals surface area contributed by atoms with Crippen LogP contribution in [0, 0.1) is 5.92 Å². The van der Waals surface area contributed by atoms with E-state index in [1.807, 2.05) is 0 Å². The standard InChI is InChI=1S/C8H13I/c1-7-2-4-8(6-9)5-3-7/h8H,1-6H2. The molecule has 1 aliphatic rings. The Bertz CT molecular complexity index is 97.1. The molecule has 1 heteroatoms. The van der Waals surface area contributed by atoms with Gasteiger partial charge in [-0.1, -0.05) is 34.7 Å². The number of alkyl halides is 1. The van der Waals surface area contributed by atoms with Gasteiger partial charge in [-0.2, -0.15) is 0 Å². The topological polar surface area (TPSA) is 0 Å². The Morgan fingerprint density at radius 2 is 2.00 bits per heavy atom. The minimum atomic E-state index is 0.996. The maximum atomic E-state index is 3.98. The molecule has 0 radical (unpaired) electrons. The van der Waals surface area contributed by atoms with Gasteiger partial charge in [0.25, 0.3) is 0 Å². The first-order valence-electron chi connectivity index (χ1n) is 3.55. The highest BCUT2D eigenvalue weighted by Gasteiger charge is 2.13. The van der Waals surface area contributed by atoms with Gasteiger partial charge in [-0.25, -0.2) is 0 Å². The van der Waals surface area contributed by atoms with E-state index < -0.39 is 0 Å². The number of allylic oxidation sites excluding steroid dienone is 1. The lowest BCUT2D eigenvalue weighted by Crippen LogP contribution is -2.08. The largest absolute Gasteiger partial charge is 0.0999 e. The summed E-state index contributed by atoms with van der Waals surface area (Å²) in [5.74, 6) is 0.996. The Balaban J connectivity index is 2.26. The van der Waals surface area contributed by atoms with Crippen molar-refractivity contribution in [2.75, 3.05) is 4.43 Å². The van der Waals surface area contributed by atoms with Gasteiger partial charge in [0, 0.05) is 4.43 Å². The van der Waals surface area contributed by atoms with E-state index in [1.165, 1.54) is 35.7 Å². The van der Waals surface area contributed by atoms with Gasteiger partial charge >= 0.3 is 0 Å². The van der Waals surface area contributed by atoms with Crippen LogP contribution < -0.4 is 0 Å². The lowest BCUT2D eigenvalue weighted by molar-refractivity contribution is 0.457. The molecular formula is C8H13I. The summed E-state index contributed by atoms with van der Waals surface area (Å²) in [5, 5.41) is 0. The predicted octanol–water partition coefficient (Wildman–Crippen LogP) is 3.17. The smallest absolute Gasteiger partial charge is 0.00239 e. The molecule has 0 aromatic heterocycles. The van der Waals surface area contributed by atoms with E-state index in [4.69, 9.17) is 0 Å². The Kier molecular flexibility index (Phi) is 3.02. The molecular weight excluding hydrogens is 223 g/mol. The van der Waals surface area contributed by atoms with Crippen molar-refractivity contribution in [2.24, 2.45) is 5.92 Å². The first kappa shape index (κ1) is 7.58. The molecule has 9 heavy (non-hydrogen) atoms. The molecule has 0 atom stereocenters. The Morgan fingerprint density at radius 1 is 1.44 bits per heavy atom. The first-order chi connectivity index (χ1) is 4.33. The molecule has 0 unspecified atom stereocenters. The van der Waals surface area contributed by atoms with E-state index >= 15 is 0 Å². The molecule has 1 aliphatic carbocycles. The molecule has 0 aliphatic heterocycles. The maximum Gasteiger partial charge on any atom is 0.00239 e. The molecule has 0 spiro atoms. The average molecular weight is 236 g/mol. The maximum absolute atomic E-state index is 3.98. The molecule has 0 saturated heterocycles. The van der Waals surface area contributed by atoms with Crippen LogP contribution in [0.25, 0.3) is 0 Å². The quantitative estimate of drug-likeness (QED) is 0.372. The third kappa shape index (κ3) is 2.28. The van der Waals surface area contributed by atoms with Gasteiger partial charge in [0.1, 0.15) is 0 Å². The number of hydrogen-bond donors (Lipinski definition) is 0. The molecule has 0 heterocycles. The SMILES string of the molecule is C=C1CCC(CI)CC1. The Labute approximate surface area is 70.9 Å². The summed E-state index contributed by atoms with van der Waals surface area (Å²) in [6.07, 6.45) is 5.35. The van der Waals surface area contributed by atoms with E-state index in [9.17, 15) is 0 Å². The minimum absolute atomic E-state index is 0.996. The van der Waals surface area contributed by atoms with Crippen molar-refractivity contribution in [3.8, 4) is 0 Å². The van der Waals surface area contributed by atoms with Crippen molar-refractivity contribution in [3.63, 3.8) is 0 Å². The average Bonchev–Trinajstić information content (AvgIpc) is 1.90. The Hall–Kier alpha value is 0.470. The van der Waals surface area contributed by atoms with Crippen LogP contribution in [-0.2, 0) is 0 Å². The number of halogens is 1. The van der Waals surface area contributed by atoms with Crippen LogP contribution in [0.2, 0.25) is 0 Å². The third-order valence-electron chi connectivity index (χ3n) is 2.03.